The molecule has 6 heteroatoms. The van der Waals surface area contributed by atoms with Gasteiger partial charge in [-0.05, 0) is 66.6 Å². The number of aryl methyl sites for hydroxylation is 1. The van der Waals surface area contributed by atoms with Gasteiger partial charge in [-0.15, -0.1) is 0 Å². The number of rotatable bonds is 8. The molecule has 4 aromatic carbocycles. The molecule has 0 bridgehead atoms. The Bertz CT molecular complexity index is 1360. The summed E-state index contributed by atoms with van der Waals surface area (Å²) >= 11 is 0. The predicted molar refractivity (Wildman–Crippen MR) is 137 cm³/mol. The first-order valence-electron chi connectivity index (χ1n) is 11.4. The van der Waals surface area contributed by atoms with Crippen LogP contribution in [-0.4, -0.2) is 24.7 Å². The number of ether oxygens (including phenoxy) is 2. The summed E-state index contributed by atoms with van der Waals surface area (Å²) in [6, 6.07) is 25.3. The molecule has 176 valence electrons. The number of nitrogens with one attached hydrogen (secondary N) is 1. The normalized spacial score (nSPS) is 10.9. The van der Waals surface area contributed by atoms with Gasteiger partial charge < -0.3 is 9.47 Å². The second-order valence-electron chi connectivity index (χ2n) is 8.03. The molecule has 0 spiro atoms. The lowest BCUT2D eigenvalue weighted by molar-refractivity contribution is 0.0734. The number of nitrogens with zero attached hydrogens (tertiary/aromatic N) is 1. The number of hydrogen-bond donors (Lipinski definition) is 1. The maximum atomic E-state index is 12.7. The van der Waals surface area contributed by atoms with E-state index >= 15 is 0 Å². The Labute approximate surface area is 204 Å². The van der Waals surface area contributed by atoms with Crippen molar-refractivity contribution in [2.24, 2.45) is 5.10 Å². The fourth-order valence-corrected chi connectivity index (χ4v) is 3.49. The van der Waals surface area contributed by atoms with Crippen molar-refractivity contribution >= 4 is 28.9 Å². The fraction of sp³-hybridized carbons (Fsp3) is 0.138. The standard InChI is InChI=1S/C29H26N2O4/c1-3-18-34-24-15-12-22(13-16-24)28(32)31-30-19-26-25-7-5-4-6-21(25)14-17-27(26)35-29(33)23-10-8-20(2)9-11-23/h4-17,19H,3,18H2,1-2H3,(H,31,32). The van der Waals surface area contributed by atoms with Crippen molar-refractivity contribution in [3.05, 3.63) is 107 Å². The topological polar surface area (TPSA) is 77.0 Å². The highest BCUT2D eigenvalue weighted by Crippen LogP contribution is 2.27. The molecule has 0 saturated heterocycles. The van der Waals surface area contributed by atoms with E-state index in [4.69, 9.17) is 9.47 Å². The molecule has 0 aliphatic heterocycles. The Morgan fingerprint density at radius 2 is 1.60 bits per heavy atom. The Morgan fingerprint density at radius 3 is 2.34 bits per heavy atom. The molecule has 0 fully saturated rings. The molecule has 4 rings (SSSR count). The van der Waals surface area contributed by atoms with Crippen molar-refractivity contribution in [2.75, 3.05) is 6.61 Å². The molecular weight excluding hydrogens is 440 g/mol. The first-order valence-corrected chi connectivity index (χ1v) is 11.4. The third-order valence-corrected chi connectivity index (χ3v) is 5.37. The Kier molecular flexibility index (Phi) is 7.53. The summed E-state index contributed by atoms with van der Waals surface area (Å²) < 4.78 is 11.3. The number of hydrogen-bond acceptors (Lipinski definition) is 5. The van der Waals surface area contributed by atoms with Gasteiger partial charge in [-0.1, -0.05) is 55.0 Å². The fourth-order valence-electron chi connectivity index (χ4n) is 3.49. The highest BCUT2D eigenvalue weighted by Gasteiger charge is 2.14. The van der Waals surface area contributed by atoms with Crippen LogP contribution >= 0.6 is 0 Å². The van der Waals surface area contributed by atoms with E-state index in [1.165, 1.54) is 6.21 Å². The van der Waals surface area contributed by atoms with Crippen LogP contribution in [0.3, 0.4) is 0 Å². The first-order chi connectivity index (χ1) is 17.0. The number of benzene rings is 4. The van der Waals surface area contributed by atoms with Crippen LogP contribution in [0.25, 0.3) is 10.8 Å². The van der Waals surface area contributed by atoms with Crippen LogP contribution in [0.2, 0.25) is 0 Å². The number of fused-ring (bicyclic) bond motifs is 1. The zero-order valence-electron chi connectivity index (χ0n) is 19.7. The van der Waals surface area contributed by atoms with Gasteiger partial charge in [-0.3, -0.25) is 4.79 Å². The number of carbonyl (C=O) groups excluding carboxylic acids is 2. The summed E-state index contributed by atoms with van der Waals surface area (Å²) in [7, 11) is 0. The SMILES string of the molecule is CCCOc1ccc(C(=O)NN=Cc2c(OC(=O)c3ccc(C)cc3)ccc3ccccc23)cc1. The van der Waals surface area contributed by atoms with Crippen LogP contribution in [0.5, 0.6) is 11.5 Å². The molecule has 0 aliphatic carbocycles. The van der Waals surface area contributed by atoms with Crippen LogP contribution in [0, 0.1) is 6.92 Å². The van der Waals surface area contributed by atoms with E-state index in [0.717, 1.165) is 22.8 Å². The Hall–Kier alpha value is -4.45. The second kappa shape index (κ2) is 11.1. The van der Waals surface area contributed by atoms with Gasteiger partial charge in [0.05, 0.1) is 18.4 Å². The summed E-state index contributed by atoms with van der Waals surface area (Å²) in [6.45, 7) is 4.61. The van der Waals surface area contributed by atoms with Gasteiger partial charge in [0.2, 0.25) is 0 Å². The van der Waals surface area contributed by atoms with Crippen LogP contribution in [0.1, 0.15) is 45.2 Å². The zero-order valence-corrected chi connectivity index (χ0v) is 19.7. The lowest BCUT2D eigenvalue weighted by Gasteiger charge is -2.11. The van der Waals surface area contributed by atoms with Crippen molar-refractivity contribution in [2.45, 2.75) is 20.3 Å². The van der Waals surface area contributed by atoms with Gasteiger partial charge in [0.15, 0.2) is 0 Å². The molecule has 1 N–H and O–H groups in total. The number of esters is 1. The Balaban J connectivity index is 1.54. The minimum Gasteiger partial charge on any atom is -0.494 e. The highest BCUT2D eigenvalue weighted by molar-refractivity contribution is 6.04. The molecule has 0 atom stereocenters. The van der Waals surface area contributed by atoms with Crippen LogP contribution in [0.4, 0.5) is 0 Å². The summed E-state index contributed by atoms with van der Waals surface area (Å²) in [5, 5.41) is 5.95. The third-order valence-electron chi connectivity index (χ3n) is 5.37. The average Bonchev–Trinajstić information content (AvgIpc) is 2.89. The minimum atomic E-state index is -0.468. The number of hydrazone groups is 1. The van der Waals surface area contributed by atoms with Crippen LogP contribution < -0.4 is 14.9 Å². The maximum absolute atomic E-state index is 12.7. The van der Waals surface area contributed by atoms with Gasteiger partial charge in [-0.2, -0.15) is 5.10 Å². The minimum absolute atomic E-state index is 0.352. The number of amides is 1. The van der Waals surface area contributed by atoms with E-state index in [1.54, 1.807) is 42.5 Å². The van der Waals surface area contributed by atoms with Crippen molar-refractivity contribution in [1.29, 1.82) is 0 Å². The lowest BCUT2D eigenvalue weighted by atomic mass is 10.0. The largest absolute Gasteiger partial charge is 0.494 e. The zero-order chi connectivity index (χ0) is 24.6. The maximum Gasteiger partial charge on any atom is 0.343 e. The lowest BCUT2D eigenvalue weighted by Crippen LogP contribution is -2.17. The summed E-state index contributed by atoms with van der Waals surface area (Å²) in [5.41, 5.74) is 5.09. The molecule has 0 saturated carbocycles. The van der Waals surface area contributed by atoms with E-state index in [2.05, 4.69) is 10.5 Å². The molecule has 6 nitrogen and oxygen atoms in total. The van der Waals surface area contributed by atoms with Gasteiger partial charge in [0, 0.05) is 11.1 Å². The van der Waals surface area contributed by atoms with Crippen molar-refractivity contribution in [3.63, 3.8) is 0 Å². The summed E-state index contributed by atoms with van der Waals surface area (Å²) in [4.78, 5) is 25.3. The van der Waals surface area contributed by atoms with E-state index in [9.17, 15) is 9.59 Å². The predicted octanol–water partition coefficient (Wildman–Crippen LogP) is 5.92. The van der Waals surface area contributed by atoms with E-state index < -0.39 is 5.97 Å². The highest BCUT2D eigenvalue weighted by atomic mass is 16.5. The van der Waals surface area contributed by atoms with Crippen LogP contribution in [-0.2, 0) is 0 Å². The molecule has 1 amide bonds. The molecule has 0 radical (unpaired) electrons. The summed E-state index contributed by atoms with van der Waals surface area (Å²) in [6.07, 6.45) is 2.41. The molecule has 35 heavy (non-hydrogen) atoms. The molecule has 0 aliphatic rings. The van der Waals surface area contributed by atoms with Gasteiger partial charge in [0.1, 0.15) is 11.5 Å². The molecule has 4 aromatic rings. The number of carbonyl (C=O) groups is 2. The van der Waals surface area contributed by atoms with Gasteiger partial charge in [0.25, 0.3) is 5.91 Å². The molecule has 0 heterocycles. The smallest absolute Gasteiger partial charge is 0.343 e. The van der Waals surface area contributed by atoms with E-state index in [1.807, 2.05) is 56.3 Å². The Morgan fingerprint density at radius 1 is 0.886 bits per heavy atom. The van der Waals surface area contributed by atoms with Crippen molar-refractivity contribution in [3.8, 4) is 11.5 Å². The molecular formula is C29H26N2O4. The molecule has 0 unspecified atom stereocenters. The quantitative estimate of drug-likeness (QED) is 0.151. The molecule has 0 aromatic heterocycles. The monoisotopic (exact) mass is 466 g/mol. The van der Waals surface area contributed by atoms with Crippen LogP contribution in [0.15, 0.2) is 90.0 Å². The van der Waals surface area contributed by atoms with E-state index in [-0.39, 0.29) is 5.91 Å². The van der Waals surface area contributed by atoms with E-state index in [0.29, 0.717) is 34.8 Å². The van der Waals surface area contributed by atoms with Gasteiger partial charge >= 0.3 is 5.97 Å². The third kappa shape index (κ3) is 5.92. The van der Waals surface area contributed by atoms with Crippen molar-refractivity contribution < 1.29 is 19.1 Å². The summed E-state index contributed by atoms with van der Waals surface area (Å²) in [5.74, 6) is 0.235. The first kappa shape index (κ1) is 23.7. The average molecular weight is 467 g/mol. The second-order valence-corrected chi connectivity index (χ2v) is 8.03. The van der Waals surface area contributed by atoms with Crippen molar-refractivity contribution in [1.82, 2.24) is 5.43 Å². The van der Waals surface area contributed by atoms with Gasteiger partial charge in [-0.25, -0.2) is 10.2 Å².